The molecule has 3 heterocycles. The number of nitrogens with zero attached hydrogens (tertiary/aromatic N) is 1. The highest BCUT2D eigenvalue weighted by Crippen LogP contribution is 2.67. The van der Waals surface area contributed by atoms with Crippen LogP contribution in [0.3, 0.4) is 0 Å². The maximum absolute atomic E-state index is 12.6. The second-order valence-electron chi connectivity index (χ2n) is 7.99. The van der Waals surface area contributed by atoms with Gasteiger partial charge in [0.25, 0.3) is 5.56 Å². The first-order valence-corrected chi connectivity index (χ1v) is 13.1. The molecule has 10 atom stereocenters. The molecule has 0 aliphatic carbocycles. The van der Waals surface area contributed by atoms with Crippen LogP contribution >= 0.6 is 15.4 Å². The minimum Gasteiger partial charge on any atom is -0.393 e. The Balaban J connectivity index is 1.80. The maximum atomic E-state index is 12.6. The predicted octanol–water partition coefficient (Wildman–Crippen LogP) is -5.44. The van der Waals surface area contributed by atoms with Crippen molar-refractivity contribution in [1.29, 1.82) is 0 Å². The predicted molar refractivity (Wildman–Crippen MR) is 111 cm³/mol. The summed E-state index contributed by atoms with van der Waals surface area (Å²) in [6.45, 7) is -2.34. The SMILES string of the molecule is N[C@H]1[C@@H](OC[C@H]2O[C@@H](n3ccc(=O)[nH]c3=O)[C@H](O)[C@@H]2O)O[C@@](CO)(P(=O)(O)OP(=O)(O)O)[C@@H](O)[C@@H]1O. The molecule has 1 unspecified atom stereocenters. The van der Waals surface area contributed by atoms with E-state index in [0.29, 0.717) is 0 Å². The molecule has 206 valence electrons. The van der Waals surface area contributed by atoms with Gasteiger partial charge in [0, 0.05) is 12.3 Å². The first-order valence-electron chi connectivity index (χ1n) is 9.99. The van der Waals surface area contributed by atoms with Crippen LogP contribution in [0.2, 0.25) is 0 Å². The number of phosphoric acid groups is 1. The Bertz CT molecular complexity index is 1150. The number of aliphatic hydroxyl groups excluding tert-OH is 5. The van der Waals surface area contributed by atoms with Gasteiger partial charge in [0.1, 0.15) is 30.5 Å². The Morgan fingerprint density at radius 2 is 1.75 bits per heavy atom. The quantitative estimate of drug-likeness (QED) is 0.131. The number of aliphatic hydroxyl groups is 5. The molecule has 1 aromatic heterocycles. The van der Waals surface area contributed by atoms with Crippen molar-refractivity contribution in [2.24, 2.45) is 5.73 Å². The molecule has 11 N–H and O–H groups in total. The van der Waals surface area contributed by atoms with E-state index in [9.17, 15) is 49.1 Å². The number of nitrogens with two attached hydrogens (primary N) is 1. The Morgan fingerprint density at radius 1 is 1.11 bits per heavy atom. The highest BCUT2D eigenvalue weighted by molar-refractivity contribution is 7.64. The number of hydrogen-bond donors (Lipinski definition) is 10. The standard InChI is InChI=1S/C15H25N3O16P2/c16-7-9(22)11(24)15(4-19,35(26,27)34-36(28,29)30)33-13(7)31-3-5-8(21)10(23)12(32-5)18-2-1-6(20)17-14(18)25/h1-2,5,7-13,19,21-24H,3-4,16H2,(H,26,27)(H,17,20,25)(H2,28,29,30)/t5-,7-,8-,9-,10-,11+,12-,13+,15+/m1/s1. The number of ether oxygens (including phenoxy) is 3. The van der Waals surface area contributed by atoms with Crippen molar-refractivity contribution in [3.05, 3.63) is 33.1 Å². The molecule has 1 aromatic rings. The fourth-order valence-corrected chi connectivity index (χ4v) is 6.32. The minimum atomic E-state index is -5.78. The number of nitrogens with one attached hydrogen (secondary N) is 1. The molecule has 0 radical (unpaired) electrons. The Kier molecular flexibility index (Phi) is 8.44. The van der Waals surface area contributed by atoms with Crippen LogP contribution < -0.4 is 17.0 Å². The molecular formula is C15H25N3O16P2. The lowest BCUT2D eigenvalue weighted by molar-refractivity contribution is -0.291. The summed E-state index contributed by atoms with van der Waals surface area (Å²) in [5.74, 6) is 0. The fraction of sp³-hybridized carbons (Fsp3) is 0.733. The second kappa shape index (κ2) is 10.4. The number of H-pyrrole nitrogens is 1. The van der Waals surface area contributed by atoms with Crippen LogP contribution in [0.4, 0.5) is 0 Å². The Morgan fingerprint density at radius 3 is 2.31 bits per heavy atom. The summed E-state index contributed by atoms with van der Waals surface area (Å²) in [6, 6.07) is -0.729. The summed E-state index contributed by atoms with van der Waals surface area (Å²) in [4.78, 5) is 53.1. The van der Waals surface area contributed by atoms with Crippen molar-refractivity contribution in [3.63, 3.8) is 0 Å². The van der Waals surface area contributed by atoms with Crippen molar-refractivity contribution in [2.45, 2.75) is 54.4 Å². The molecule has 21 heteroatoms. The average molecular weight is 565 g/mol. The van der Waals surface area contributed by atoms with Crippen molar-refractivity contribution in [2.75, 3.05) is 13.2 Å². The van der Waals surface area contributed by atoms with E-state index in [1.54, 1.807) is 0 Å². The van der Waals surface area contributed by atoms with Crippen LogP contribution in [0.15, 0.2) is 21.9 Å². The Labute approximate surface area is 200 Å². The molecule has 0 amide bonds. The van der Waals surface area contributed by atoms with Crippen LogP contribution in [0.1, 0.15) is 6.23 Å². The lowest BCUT2D eigenvalue weighted by Gasteiger charge is -2.48. The van der Waals surface area contributed by atoms with E-state index in [1.807, 2.05) is 4.98 Å². The highest BCUT2D eigenvalue weighted by Gasteiger charge is 2.65. The van der Waals surface area contributed by atoms with Gasteiger partial charge in [-0.1, -0.05) is 0 Å². The number of aromatic nitrogens is 2. The summed E-state index contributed by atoms with van der Waals surface area (Å²) in [6.07, 6.45) is -11.9. The minimum absolute atomic E-state index is 0.732. The van der Waals surface area contributed by atoms with Crippen LogP contribution in [0, 0.1) is 0 Å². The van der Waals surface area contributed by atoms with E-state index in [0.717, 1.165) is 16.8 Å². The van der Waals surface area contributed by atoms with Crippen LogP contribution in [0.25, 0.3) is 0 Å². The maximum Gasteiger partial charge on any atom is 0.476 e. The molecule has 2 aliphatic heterocycles. The second-order valence-corrected chi connectivity index (χ2v) is 11.4. The summed E-state index contributed by atoms with van der Waals surface area (Å²) in [7, 11) is -11.5. The first-order chi connectivity index (χ1) is 16.5. The van der Waals surface area contributed by atoms with Crippen LogP contribution in [-0.4, -0.2) is 111 Å². The summed E-state index contributed by atoms with van der Waals surface area (Å²) in [5, 5.41) is 47.6. The number of aromatic amines is 1. The van der Waals surface area contributed by atoms with E-state index in [2.05, 4.69) is 4.31 Å². The summed E-state index contributed by atoms with van der Waals surface area (Å²) < 4.78 is 44.1. The van der Waals surface area contributed by atoms with E-state index < -0.39 is 94.3 Å². The van der Waals surface area contributed by atoms with Crippen molar-refractivity contribution in [3.8, 4) is 0 Å². The van der Waals surface area contributed by atoms with Gasteiger partial charge < -0.3 is 60.2 Å². The highest BCUT2D eigenvalue weighted by atomic mass is 31.3. The van der Waals surface area contributed by atoms with Gasteiger partial charge in [-0.3, -0.25) is 18.9 Å². The van der Waals surface area contributed by atoms with E-state index in [4.69, 9.17) is 29.7 Å². The topological polar surface area (TPSA) is 314 Å². The monoisotopic (exact) mass is 565 g/mol. The molecule has 0 saturated carbocycles. The third-order valence-electron chi connectivity index (χ3n) is 5.62. The van der Waals surface area contributed by atoms with Crippen molar-refractivity contribution >= 4 is 15.4 Å². The van der Waals surface area contributed by atoms with Gasteiger partial charge in [0.2, 0.25) is 5.34 Å². The van der Waals surface area contributed by atoms with E-state index in [-0.39, 0.29) is 0 Å². The van der Waals surface area contributed by atoms with Crippen molar-refractivity contribution in [1.82, 2.24) is 9.55 Å². The third kappa shape index (κ3) is 5.41. The lowest BCUT2D eigenvalue weighted by atomic mass is 9.97. The zero-order chi connectivity index (χ0) is 27.2. The summed E-state index contributed by atoms with van der Waals surface area (Å²) in [5.41, 5.74) is 4.02. The average Bonchev–Trinajstić information content (AvgIpc) is 3.04. The molecule has 19 nitrogen and oxygen atoms in total. The number of rotatable bonds is 8. The van der Waals surface area contributed by atoms with Gasteiger partial charge >= 0.3 is 21.1 Å². The largest absolute Gasteiger partial charge is 0.476 e. The van der Waals surface area contributed by atoms with Gasteiger partial charge in [-0.15, -0.1) is 0 Å². The smallest absolute Gasteiger partial charge is 0.393 e. The van der Waals surface area contributed by atoms with Gasteiger partial charge in [-0.2, -0.15) is 0 Å². The van der Waals surface area contributed by atoms with Crippen LogP contribution in [0.5, 0.6) is 0 Å². The molecule has 0 aromatic carbocycles. The third-order valence-corrected chi connectivity index (χ3v) is 8.83. The zero-order valence-corrected chi connectivity index (χ0v) is 19.7. The Hall–Kier alpha value is -1.38. The van der Waals surface area contributed by atoms with Gasteiger partial charge in [0.05, 0.1) is 19.3 Å². The summed E-state index contributed by atoms with van der Waals surface area (Å²) >= 11 is 0. The first kappa shape index (κ1) is 29.2. The molecule has 2 saturated heterocycles. The lowest BCUT2D eigenvalue weighted by Crippen LogP contribution is -2.68. The zero-order valence-electron chi connectivity index (χ0n) is 18.0. The molecule has 2 aliphatic rings. The van der Waals surface area contributed by atoms with E-state index >= 15 is 0 Å². The molecule has 0 bridgehead atoms. The van der Waals surface area contributed by atoms with Gasteiger partial charge in [0.15, 0.2) is 12.5 Å². The molecule has 36 heavy (non-hydrogen) atoms. The van der Waals surface area contributed by atoms with Crippen molar-refractivity contribution < 1.29 is 67.9 Å². The van der Waals surface area contributed by atoms with E-state index in [1.165, 1.54) is 0 Å². The molecule has 3 rings (SSSR count). The number of hydrogen-bond acceptors (Lipinski definition) is 14. The van der Waals surface area contributed by atoms with Crippen LogP contribution in [-0.2, 0) is 27.7 Å². The molecular weight excluding hydrogens is 540 g/mol. The van der Waals surface area contributed by atoms with Gasteiger partial charge in [-0.25, -0.2) is 13.7 Å². The molecule has 2 fully saturated rings. The molecule has 0 spiro atoms. The fourth-order valence-electron chi connectivity index (χ4n) is 3.71. The van der Waals surface area contributed by atoms with Gasteiger partial charge in [-0.05, 0) is 0 Å². The normalized spacial score (nSPS) is 39.1.